The predicted molar refractivity (Wildman–Crippen MR) is 76.1 cm³/mol. The maximum absolute atomic E-state index is 11.2. The summed E-state index contributed by atoms with van der Waals surface area (Å²) < 4.78 is 12.4. The Hall–Kier alpha value is -1.07. The van der Waals surface area contributed by atoms with Crippen LogP contribution in [0, 0.1) is 0 Å². The van der Waals surface area contributed by atoms with Crippen LogP contribution < -0.4 is 4.74 Å². The van der Waals surface area contributed by atoms with Crippen molar-refractivity contribution in [3.8, 4) is 17.1 Å². The van der Waals surface area contributed by atoms with Gasteiger partial charge >= 0.3 is 0 Å². The van der Waals surface area contributed by atoms with Crippen LogP contribution in [0.3, 0.4) is 0 Å². The summed E-state index contributed by atoms with van der Waals surface area (Å²) in [5.74, 6) is 1.58. The molecular weight excluding hydrogens is 364 g/mol. The summed E-state index contributed by atoms with van der Waals surface area (Å²) in [4.78, 5) is 11.2. The number of methoxy groups -OCH3 is 1. The Morgan fingerprint density at radius 3 is 2.50 bits per heavy atom. The second-order valence-corrected chi connectivity index (χ2v) is 5.40. The van der Waals surface area contributed by atoms with Crippen LogP contribution >= 0.6 is 31.9 Å². The highest BCUT2D eigenvalue weighted by Gasteiger charge is 2.13. The van der Waals surface area contributed by atoms with Crippen molar-refractivity contribution in [3.63, 3.8) is 0 Å². The smallest absolute Gasteiger partial charge is 0.194 e. The van der Waals surface area contributed by atoms with E-state index in [-0.39, 0.29) is 5.78 Å². The quantitative estimate of drug-likeness (QED) is 0.733. The third kappa shape index (κ3) is 2.52. The maximum Gasteiger partial charge on any atom is 0.194 e. The number of halogens is 2. The van der Waals surface area contributed by atoms with Crippen LogP contribution in [0.2, 0.25) is 0 Å². The maximum atomic E-state index is 11.2. The zero-order valence-electron chi connectivity index (χ0n) is 9.79. The van der Waals surface area contributed by atoms with E-state index in [1.165, 1.54) is 6.92 Å². The van der Waals surface area contributed by atoms with Crippen molar-refractivity contribution < 1.29 is 13.9 Å². The van der Waals surface area contributed by atoms with Gasteiger partial charge in [-0.1, -0.05) is 0 Å². The van der Waals surface area contributed by atoms with E-state index >= 15 is 0 Å². The fourth-order valence-corrected chi connectivity index (χ4v) is 2.90. The predicted octanol–water partition coefficient (Wildman–Crippen LogP) is 4.68. The van der Waals surface area contributed by atoms with Crippen LogP contribution in [0.4, 0.5) is 0 Å². The van der Waals surface area contributed by atoms with Gasteiger partial charge in [-0.2, -0.15) is 0 Å². The molecule has 0 amide bonds. The fourth-order valence-electron chi connectivity index (χ4n) is 1.55. The molecule has 0 bridgehead atoms. The van der Waals surface area contributed by atoms with Gasteiger partial charge in [0.1, 0.15) is 11.5 Å². The molecule has 3 nitrogen and oxygen atoms in total. The van der Waals surface area contributed by atoms with Gasteiger partial charge < -0.3 is 9.15 Å². The van der Waals surface area contributed by atoms with E-state index in [9.17, 15) is 4.79 Å². The summed E-state index contributed by atoms with van der Waals surface area (Å²) in [6, 6.07) is 7.16. The van der Waals surface area contributed by atoms with Gasteiger partial charge in [0.05, 0.1) is 11.6 Å². The monoisotopic (exact) mass is 372 g/mol. The third-order valence-corrected chi connectivity index (χ3v) is 3.74. The van der Waals surface area contributed by atoms with Gasteiger partial charge in [0.25, 0.3) is 0 Å². The molecule has 0 fully saturated rings. The molecule has 0 saturated carbocycles. The number of ketones is 1. The Bertz CT molecular complexity index is 602. The van der Waals surface area contributed by atoms with Crippen molar-refractivity contribution in [2.75, 3.05) is 7.11 Å². The lowest BCUT2D eigenvalue weighted by Gasteiger charge is -2.07. The Morgan fingerprint density at radius 2 is 1.94 bits per heavy atom. The molecule has 0 spiro atoms. The molecule has 2 rings (SSSR count). The van der Waals surface area contributed by atoms with E-state index in [1.807, 2.05) is 12.1 Å². The summed E-state index contributed by atoms with van der Waals surface area (Å²) in [5.41, 5.74) is 0.836. The SMILES string of the molecule is COc1cc(-c2ccc(C(C)=O)o2)c(Br)cc1Br. The largest absolute Gasteiger partial charge is 0.496 e. The van der Waals surface area contributed by atoms with E-state index in [0.717, 1.165) is 14.5 Å². The van der Waals surface area contributed by atoms with Crippen molar-refractivity contribution in [1.29, 1.82) is 0 Å². The van der Waals surface area contributed by atoms with Crippen LogP contribution in [-0.4, -0.2) is 12.9 Å². The molecule has 0 saturated heterocycles. The van der Waals surface area contributed by atoms with Crippen LogP contribution in [0.25, 0.3) is 11.3 Å². The highest BCUT2D eigenvalue weighted by Crippen LogP contribution is 2.37. The molecule has 1 aromatic heterocycles. The molecule has 0 unspecified atom stereocenters. The van der Waals surface area contributed by atoms with Gasteiger partial charge in [-0.05, 0) is 56.1 Å². The van der Waals surface area contributed by atoms with Gasteiger partial charge in [0.15, 0.2) is 11.5 Å². The van der Waals surface area contributed by atoms with Crippen molar-refractivity contribution in [3.05, 3.63) is 39.0 Å². The lowest BCUT2D eigenvalue weighted by Crippen LogP contribution is -1.88. The summed E-state index contributed by atoms with van der Waals surface area (Å²) in [6.07, 6.45) is 0. The zero-order valence-corrected chi connectivity index (χ0v) is 13.0. The topological polar surface area (TPSA) is 39.4 Å². The van der Waals surface area contributed by atoms with E-state index in [1.54, 1.807) is 19.2 Å². The Morgan fingerprint density at radius 1 is 1.22 bits per heavy atom. The second kappa shape index (κ2) is 5.28. The van der Waals surface area contributed by atoms with Gasteiger partial charge in [0.2, 0.25) is 0 Å². The van der Waals surface area contributed by atoms with E-state index < -0.39 is 0 Å². The minimum atomic E-state index is -0.0959. The van der Waals surface area contributed by atoms with Crippen LogP contribution in [0.15, 0.2) is 37.6 Å². The van der Waals surface area contributed by atoms with E-state index in [0.29, 0.717) is 17.3 Å². The molecule has 18 heavy (non-hydrogen) atoms. The number of carbonyl (C=O) groups excluding carboxylic acids is 1. The normalized spacial score (nSPS) is 10.4. The Labute approximate surface area is 121 Å². The first-order valence-corrected chi connectivity index (χ1v) is 6.75. The van der Waals surface area contributed by atoms with Crippen molar-refractivity contribution in [2.24, 2.45) is 0 Å². The van der Waals surface area contributed by atoms with Gasteiger partial charge in [-0.25, -0.2) is 0 Å². The van der Waals surface area contributed by atoms with Crippen LogP contribution in [0.1, 0.15) is 17.5 Å². The molecule has 0 aliphatic rings. The molecule has 1 heterocycles. The number of hydrogen-bond acceptors (Lipinski definition) is 3. The lowest BCUT2D eigenvalue weighted by molar-refractivity contribution is 0.0988. The summed E-state index contributed by atoms with van der Waals surface area (Å²) in [7, 11) is 1.60. The first-order valence-electron chi connectivity index (χ1n) is 5.17. The molecule has 0 atom stereocenters. The summed E-state index contributed by atoms with van der Waals surface area (Å²) in [6.45, 7) is 1.47. The minimum absolute atomic E-state index is 0.0959. The first-order chi connectivity index (χ1) is 8.52. The van der Waals surface area contributed by atoms with Crippen molar-refractivity contribution in [2.45, 2.75) is 6.92 Å². The molecule has 94 valence electrons. The van der Waals surface area contributed by atoms with Crippen molar-refractivity contribution >= 4 is 37.6 Å². The number of carbonyl (C=O) groups is 1. The van der Waals surface area contributed by atoms with E-state index in [2.05, 4.69) is 31.9 Å². The van der Waals surface area contributed by atoms with Gasteiger partial charge in [-0.15, -0.1) is 0 Å². The minimum Gasteiger partial charge on any atom is -0.496 e. The average Bonchev–Trinajstić information content (AvgIpc) is 2.78. The first kappa shape index (κ1) is 13.4. The number of Topliss-reactive ketones (excluding diaryl/α,β-unsaturated/α-hetero) is 1. The number of rotatable bonds is 3. The van der Waals surface area contributed by atoms with Crippen LogP contribution in [0.5, 0.6) is 5.75 Å². The molecule has 1 aromatic carbocycles. The molecule has 0 radical (unpaired) electrons. The number of benzene rings is 1. The van der Waals surface area contributed by atoms with Crippen LogP contribution in [-0.2, 0) is 0 Å². The van der Waals surface area contributed by atoms with Gasteiger partial charge in [0, 0.05) is 17.0 Å². The lowest BCUT2D eigenvalue weighted by atomic mass is 10.1. The van der Waals surface area contributed by atoms with E-state index in [4.69, 9.17) is 9.15 Å². The zero-order chi connectivity index (χ0) is 13.3. The Kier molecular flexibility index (Phi) is 3.92. The summed E-state index contributed by atoms with van der Waals surface area (Å²) in [5, 5.41) is 0. The standard InChI is InChI=1S/C13H10Br2O3/c1-7(16)11-3-4-12(18-11)8-5-13(17-2)10(15)6-9(8)14/h3-6H,1-2H3. The third-order valence-electron chi connectivity index (χ3n) is 2.46. The highest BCUT2D eigenvalue weighted by molar-refractivity contribution is 9.11. The summed E-state index contributed by atoms with van der Waals surface area (Å²) >= 11 is 6.87. The van der Waals surface area contributed by atoms with Crippen molar-refractivity contribution in [1.82, 2.24) is 0 Å². The molecule has 2 aromatic rings. The number of ether oxygens (including phenoxy) is 1. The second-order valence-electron chi connectivity index (χ2n) is 3.69. The van der Waals surface area contributed by atoms with Gasteiger partial charge in [-0.3, -0.25) is 4.79 Å². The number of furan rings is 1. The fraction of sp³-hybridized carbons (Fsp3) is 0.154. The average molecular weight is 374 g/mol. The number of hydrogen-bond donors (Lipinski definition) is 0. The molecule has 5 heteroatoms. The molecular formula is C13H10Br2O3. The highest BCUT2D eigenvalue weighted by atomic mass is 79.9. The molecule has 0 aliphatic carbocycles. The molecule has 0 aliphatic heterocycles. The Balaban J connectivity index is 2.52. The molecule has 0 N–H and O–H groups in total.